The number of thiazole rings is 1. The largest absolute Gasteiger partial charge is 0.327 e. The molecule has 1 amide bonds. The standard InChI is InChI=1S/C21H22ClN3OS/c1-14-12-16(22)6-7-17(14)23-20(26)13-25-10-8-15(9-11-25)21-24-18-4-2-3-5-19(18)27-21/h2-7,12,15H,8-11,13H2,1H3,(H,23,26)/p+1. The van der Waals surface area contributed by atoms with E-state index in [1.165, 1.54) is 14.6 Å². The molecule has 0 saturated carbocycles. The Kier molecular flexibility index (Phi) is 5.43. The first-order valence-electron chi connectivity index (χ1n) is 9.33. The van der Waals surface area contributed by atoms with Gasteiger partial charge in [0, 0.05) is 29.5 Å². The SMILES string of the molecule is Cc1cc(Cl)ccc1NC(=O)C[NH+]1CCC(c2nc3ccccc3s2)CC1. The van der Waals surface area contributed by atoms with Gasteiger partial charge in [-0.15, -0.1) is 11.3 Å². The highest BCUT2D eigenvalue weighted by atomic mass is 35.5. The minimum Gasteiger partial charge on any atom is -0.327 e. The van der Waals surface area contributed by atoms with Crippen molar-refractivity contribution in [2.45, 2.75) is 25.7 Å². The maximum atomic E-state index is 12.4. The molecule has 0 atom stereocenters. The van der Waals surface area contributed by atoms with Crippen LogP contribution >= 0.6 is 22.9 Å². The van der Waals surface area contributed by atoms with Gasteiger partial charge in [-0.05, 0) is 42.8 Å². The molecule has 27 heavy (non-hydrogen) atoms. The van der Waals surface area contributed by atoms with Crippen LogP contribution in [0, 0.1) is 6.92 Å². The quantitative estimate of drug-likeness (QED) is 0.702. The number of piperidine rings is 1. The Morgan fingerprint density at radius 2 is 2.04 bits per heavy atom. The summed E-state index contributed by atoms with van der Waals surface area (Å²) in [4.78, 5) is 18.6. The van der Waals surface area contributed by atoms with Crippen LogP contribution in [0.15, 0.2) is 42.5 Å². The van der Waals surface area contributed by atoms with Crippen molar-refractivity contribution in [1.29, 1.82) is 0 Å². The number of amides is 1. The van der Waals surface area contributed by atoms with Crippen LogP contribution in [0.2, 0.25) is 5.02 Å². The molecule has 4 rings (SSSR count). The number of anilines is 1. The van der Waals surface area contributed by atoms with Gasteiger partial charge < -0.3 is 10.2 Å². The topological polar surface area (TPSA) is 46.4 Å². The van der Waals surface area contributed by atoms with Crippen LogP contribution in [0.4, 0.5) is 5.69 Å². The van der Waals surface area contributed by atoms with E-state index in [-0.39, 0.29) is 5.91 Å². The van der Waals surface area contributed by atoms with Crippen molar-refractivity contribution in [3.8, 4) is 0 Å². The highest BCUT2D eigenvalue weighted by Gasteiger charge is 2.27. The number of para-hydroxylation sites is 1. The maximum Gasteiger partial charge on any atom is 0.279 e. The number of fused-ring (bicyclic) bond motifs is 1. The predicted octanol–water partition coefficient (Wildman–Crippen LogP) is 3.66. The van der Waals surface area contributed by atoms with E-state index in [9.17, 15) is 4.79 Å². The number of likely N-dealkylation sites (tertiary alicyclic amines) is 1. The maximum absolute atomic E-state index is 12.4. The molecular formula is C21H23ClN3OS+. The number of rotatable bonds is 4. The summed E-state index contributed by atoms with van der Waals surface area (Å²) in [5.74, 6) is 0.585. The summed E-state index contributed by atoms with van der Waals surface area (Å²) in [5.41, 5.74) is 2.93. The Bertz CT molecular complexity index is 930. The zero-order valence-electron chi connectivity index (χ0n) is 15.3. The van der Waals surface area contributed by atoms with Crippen LogP contribution in [-0.4, -0.2) is 30.5 Å². The zero-order chi connectivity index (χ0) is 18.8. The highest BCUT2D eigenvalue weighted by molar-refractivity contribution is 7.18. The lowest BCUT2D eigenvalue weighted by molar-refractivity contribution is -0.897. The molecule has 6 heteroatoms. The lowest BCUT2D eigenvalue weighted by atomic mass is 9.97. The molecular weight excluding hydrogens is 378 g/mol. The van der Waals surface area contributed by atoms with E-state index >= 15 is 0 Å². The van der Waals surface area contributed by atoms with Crippen molar-refractivity contribution < 1.29 is 9.69 Å². The summed E-state index contributed by atoms with van der Waals surface area (Å²) in [5, 5.41) is 4.95. The second kappa shape index (κ2) is 7.97. The molecule has 1 fully saturated rings. The molecule has 2 aromatic carbocycles. The van der Waals surface area contributed by atoms with Gasteiger partial charge in [-0.3, -0.25) is 4.79 Å². The van der Waals surface area contributed by atoms with Crippen molar-refractivity contribution in [1.82, 2.24) is 4.98 Å². The third-order valence-corrected chi connectivity index (χ3v) is 6.66. The molecule has 1 aliphatic rings. The van der Waals surface area contributed by atoms with Crippen molar-refractivity contribution in [3.05, 3.63) is 58.1 Å². The van der Waals surface area contributed by atoms with Crippen molar-refractivity contribution in [2.24, 2.45) is 0 Å². The number of hydrogen-bond donors (Lipinski definition) is 2. The van der Waals surface area contributed by atoms with E-state index < -0.39 is 0 Å². The number of hydrogen-bond acceptors (Lipinski definition) is 3. The summed E-state index contributed by atoms with van der Waals surface area (Å²) in [6.45, 7) is 4.48. The molecule has 2 heterocycles. The summed E-state index contributed by atoms with van der Waals surface area (Å²) in [7, 11) is 0. The van der Waals surface area contributed by atoms with Gasteiger partial charge in [0.1, 0.15) is 0 Å². The molecule has 0 radical (unpaired) electrons. The third-order valence-electron chi connectivity index (χ3n) is 5.23. The van der Waals surface area contributed by atoms with Gasteiger partial charge >= 0.3 is 0 Å². The second-order valence-corrected chi connectivity index (χ2v) is 8.73. The zero-order valence-corrected chi connectivity index (χ0v) is 16.9. The number of aromatic nitrogens is 1. The molecule has 1 aromatic heterocycles. The average molecular weight is 401 g/mol. The molecule has 0 bridgehead atoms. The van der Waals surface area contributed by atoms with Gasteiger partial charge in [-0.25, -0.2) is 4.98 Å². The minimum atomic E-state index is 0.0638. The molecule has 4 nitrogen and oxygen atoms in total. The molecule has 1 aliphatic heterocycles. The summed E-state index contributed by atoms with van der Waals surface area (Å²) in [6.07, 6.45) is 2.17. The number of halogens is 1. The van der Waals surface area contributed by atoms with Crippen LogP contribution in [0.3, 0.4) is 0 Å². The van der Waals surface area contributed by atoms with Gasteiger partial charge in [0.05, 0.1) is 28.3 Å². The number of quaternary nitrogens is 1. The molecule has 1 saturated heterocycles. The number of carbonyl (C=O) groups excluding carboxylic acids is 1. The minimum absolute atomic E-state index is 0.0638. The first-order valence-corrected chi connectivity index (χ1v) is 10.5. The number of nitrogens with one attached hydrogen (secondary N) is 2. The fraction of sp³-hybridized carbons (Fsp3) is 0.333. The first kappa shape index (κ1) is 18.4. The van der Waals surface area contributed by atoms with Crippen LogP contribution in [0.5, 0.6) is 0 Å². The third kappa shape index (κ3) is 4.32. The normalized spacial score (nSPS) is 19.9. The average Bonchev–Trinajstić information content (AvgIpc) is 3.09. The summed E-state index contributed by atoms with van der Waals surface area (Å²) < 4.78 is 1.26. The lowest BCUT2D eigenvalue weighted by Gasteiger charge is -2.27. The predicted molar refractivity (Wildman–Crippen MR) is 112 cm³/mol. The Morgan fingerprint density at radius 1 is 1.26 bits per heavy atom. The van der Waals surface area contributed by atoms with Gasteiger partial charge in [-0.1, -0.05) is 23.7 Å². The summed E-state index contributed by atoms with van der Waals surface area (Å²) >= 11 is 7.79. The molecule has 3 aromatic rings. The Balaban J connectivity index is 1.31. The number of nitrogens with zero attached hydrogens (tertiary/aromatic N) is 1. The van der Waals surface area contributed by atoms with Crippen LogP contribution in [0.1, 0.15) is 29.3 Å². The smallest absolute Gasteiger partial charge is 0.279 e. The molecule has 0 spiro atoms. The molecule has 0 unspecified atom stereocenters. The van der Waals surface area contributed by atoms with E-state index in [0.29, 0.717) is 17.5 Å². The highest BCUT2D eigenvalue weighted by Crippen LogP contribution is 2.31. The fourth-order valence-electron chi connectivity index (χ4n) is 3.70. The van der Waals surface area contributed by atoms with Crippen molar-refractivity contribution in [3.63, 3.8) is 0 Å². The van der Waals surface area contributed by atoms with E-state index in [0.717, 1.165) is 42.7 Å². The second-order valence-electron chi connectivity index (χ2n) is 7.23. The number of aryl methyl sites for hydroxylation is 1. The van der Waals surface area contributed by atoms with Gasteiger partial charge in [0.2, 0.25) is 0 Å². The van der Waals surface area contributed by atoms with Gasteiger partial charge in [0.15, 0.2) is 6.54 Å². The Hall–Kier alpha value is -1.95. The molecule has 0 aliphatic carbocycles. The van der Waals surface area contributed by atoms with E-state index in [4.69, 9.17) is 16.6 Å². The number of carbonyl (C=O) groups is 1. The van der Waals surface area contributed by atoms with Gasteiger partial charge in [0.25, 0.3) is 5.91 Å². The fourth-order valence-corrected chi connectivity index (χ4v) is 5.07. The monoisotopic (exact) mass is 400 g/mol. The Labute approximate surface area is 168 Å². The van der Waals surface area contributed by atoms with E-state index in [2.05, 4.69) is 23.5 Å². The lowest BCUT2D eigenvalue weighted by Crippen LogP contribution is -3.14. The van der Waals surface area contributed by atoms with E-state index in [1.807, 2.05) is 36.5 Å². The van der Waals surface area contributed by atoms with Crippen LogP contribution in [-0.2, 0) is 4.79 Å². The molecule has 2 N–H and O–H groups in total. The van der Waals surface area contributed by atoms with Gasteiger partial charge in [-0.2, -0.15) is 0 Å². The summed E-state index contributed by atoms with van der Waals surface area (Å²) in [6, 6.07) is 13.9. The van der Waals surface area contributed by atoms with E-state index in [1.54, 1.807) is 6.07 Å². The van der Waals surface area contributed by atoms with Crippen LogP contribution in [0.25, 0.3) is 10.2 Å². The van der Waals surface area contributed by atoms with Crippen molar-refractivity contribution >= 4 is 44.7 Å². The number of benzene rings is 2. The first-order chi connectivity index (χ1) is 13.1. The Morgan fingerprint density at radius 3 is 2.78 bits per heavy atom. The molecule has 140 valence electrons. The van der Waals surface area contributed by atoms with Crippen LogP contribution < -0.4 is 10.2 Å². The van der Waals surface area contributed by atoms with Crippen molar-refractivity contribution in [2.75, 3.05) is 25.0 Å².